The topological polar surface area (TPSA) is 22.1 Å². The molecular weight excluding hydrogens is 186 g/mol. The van der Waals surface area contributed by atoms with Crippen molar-refractivity contribution in [2.45, 2.75) is 40.0 Å². The molecule has 0 bridgehead atoms. The van der Waals surface area contributed by atoms with Crippen molar-refractivity contribution in [3.05, 3.63) is 23.4 Å². The molecule has 1 aromatic heterocycles. The number of hydrogen-bond donors (Lipinski definition) is 0. The molecule has 0 aliphatic heterocycles. The second-order valence-electron chi connectivity index (χ2n) is 4.00. The fourth-order valence-electron chi connectivity index (χ4n) is 1.72. The fourth-order valence-corrected chi connectivity index (χ4v) is 1.72. The molecule has 0 aromatic carbocycles. The van der Waals surface area contributed by atoms with Crippen LogP contribution in [0, 0.1) is 12.8 Å². The van der Waals surface area contributed by atoms with Gasteiger partial charge in [-0.1, -0.05) is 32.8 Å². The van der Waals surface area contributed by atoms with E-state index in [9.17, 15) is 0 Å². The SMILES string of the molecule is CCC(CC)Cc1nc(OC)ccc1C. The number of ether oxygens (including phenoxy) is 1. The first-order valence-electron chi connectivity index (χ1n) is 5.71. The molecule has 0 aliphatic rings. The number of nitrogens with zero attached hydrogens (tertiary/aromatic N) is 1. The first-order chi connectivity index (χ1) is 7.21. The molecule has 0 N–H and O–H groups in total. The van der Waals surface area contributed by atoms with Gasteiger partial charge in [-0.2, -0.15) is 0 Å². The number of methoxy groups -OCH3 is 1. The zero-order chi connectivity index (χ0) is 11.3. The molecular formula is C13H21NO. The van der Waals surface area contributed by atoms with Gasteiger partial charge in [-0.05, 0) is 24.8 Å². The van der Waals surface area contributed by atoms with E-state index in [1.807, 2.05) is 6.07 Å². The van der Waals surface area contributed by atoms with E-state index in [0.29, 0.717) is 0 Å². The second-order valence-corrected chi connectivity index (χ2v) is 4.00. The van der Waals surface area contributed by atoms with Gasteiger partial charge in [0.1, 0.15) is 0 Å². The lowest BCUT2D eigenvalue weighted by molar-refractivity contribution is 0.393. The van der Waals surface area contributed by atoms with E-state index in [1.54, 1.807) is 7.11 Å². The van der Waals surface area contributed by atoms with Gasteiger partial charge in [0.2, 0.25) is 5.88 Å². The van der Waals surface area contributed by atoms with Crippen LogP contribution in [0.4, 0.5) is 0 Å². The molecule has 2 nitrogen and oxygen atoms in total. The van der Waals surface area contributed by atoms with Gasteiger partial charge in [-0.3, -0.25) is 0 Å². The summed E-state index contributed by atoms with van der Waals surface area (Å²) >= 11 is 0. The van der Waals surface area contributed by atoms with Gasteiger partial charge in [-0.15, -0.1) is 0 Å². The van der Waals surface area contributed by atoms with E-state index in [0.717, 1.165) is 18.2 Å². The Balaban J connectivity index is 2.82. The minimum Gasteiger partial charge on any atom is -0.481 e. The average Bonchev–Trinajstić information content (AvgIpc) is 2.28. The number of pyridine rings is 1. The Labute approximate surface area is 92.7 Å². The van der Waals surface area contributed by atoms with Crippen LogP contribution in [0.2, 0.25) is 0 Å². The van der Waals surface area contributed by atoms with Crippen molar-refractivity contribution < 1.29 is 4.74 Å². The highest BCUT2D eigenvalue weighted by atomic mass is 16.5. The van der Waals surface area contributed by atoms with Crippen molar-refractivity contribution in [1.82, 2.24) is 4.98 Å². The van der Waals surface area contributed by atoms with Crippen LogP contribution in [-0.2, 0) is 6.42 Å². The molecule has 0 amide bonds. The molecule has 0 spiro atoms. The Morgan fingerprint density at radius 3 is 2.47 bits per heavy atom. The largest absolute Gasteiger partial charge is 0.481 e. The van der Waals surface area contributed by atoms with Crippen molar-refractivity contribution in [2.75, 3.05) is 7.11 Å². The molecule has 0 fully saturated rings. The van der Waals surface area contributed by atoms with E-state index in [4.69, 9.17) is 4.74 Å². The summed E-state index contributed by atoms with van der Waals surface area (Å²) < 4.78 is 5.15. The number of aromatic nitrogens is 1. The van der Waals surface area contributed by atoms with E-state index in [1.165, 1.54) is 24.1 Å². The van der Waals surface area contributed by atoms with Crippen LogP contribution < -0.4 is 4.74 Å². The van der Waals surface area contributed by atoms with E-state index < -0.39 is 0 Å². The fraction of sp³-hybridized carbons (Fsp3) is 0.615. The van der Waals surface area contributed by atoms with Gasteiger partial charge >= 0.3 is 0 Å². The molecule has 1 aromatic rings. The average molecular weight is 207 g/mol. The zero-order valence-electron chi connectivity index (χ0n) is 10.2. The van der Waals surface area contributed by atoms with E-state index >= 15 is 0 Å². The maximum absolute atomic E-state index is 5.15. The lowest BCUT2D eigenvalue weighted by atomic mass is 9.95. The summed E-state index contributed by atoms with van der Waals surface area (Å²) in [6.45, 7) is 6.59. The highest BCUT2D eigenvalue weighted by Crippen LogP contribution is 2.19. The van der Waals surface area contributed by atoms with Crippen LogP contribution in [-0.4, -0.2) is 12.1 Å². The molecule has 0 atom stereocenters. The number of rotatable bonds is 5. The summed E-state index contributed by atoms with van der Waals surface area (Å²) in [4.78, 5) is 4.50. The van der Waals surface area contributed by atoms with Crippen LogP contribution >= 0.6 is 0 Å². The molecule has 84 valence electrons. The first-order valence-corrected chi connectivity index (χ1v) is 5.71. The van der Waals surface area contributed by atoms with Gasteiger partial charge in [0.15, 0.2) is 0 Å². The third-order valence-electron chi connectivity index (χ3n) is 3.02. The Kier molecular flexibility index (Phi) is 4.60. The smallest absolute Gasteiger partial charge is 0.213 e. The lowest BCUT2D eigenvalue weighted by Crippen LogP contribution is -2.06. The number of aryl methyl sites for hydroxylation is 1. The number of hydrogen-bond acceptors (Lipinski definition) is 2. The van der Waals surface area contributed by atoms with Gasteiger partial charge in [0.05, 0.1) is 7.11 Å². The summed E-state index contributed by atoms with van der Waals surface area (Å²) in [5.41, 5.74) is 2.45. The first kappa shape index (κ1) is 12.0. The normalized spacial score (nSPS) is 10.7. The minimum atomic E-state index is 0.724. The Hall–Kier alpha value is -1.05. The Morgan fingerprint density at radius 2 is 1.93 bits per heavy atom. The second kappa shape index (κ2) is 5.74. The highest BCUT2D eigenvalue weighted by Gasteiger charge is 2.09. The third-order valence-corrected chi connectivity index (χ3v) is 3.02. The van der Waals surface area contributed by atoms with Crippen LogP contribution in [0.25, 0.3) is 0 Å². The minimum absolute atomic E-state index is 0.724. The van der Waals surface area contributed by atoms with Gasteiger partial charge in [-0.25, -0.2) is 4.98 Å². The molecule has 1 rings (SSSR count). The van der Waals surface area contributed by atoms with Crippen LogP contribution in [0.5, 0.6) is 5.88 Å². The summed E-state index contributed by atoms with van der Waals surface area (Å²) in [7, 11) is 1.67. The van der Waals surface area contributed by atoms with Gasteiger partial charge < -0.3 is 4.74 Å². The molecule has 0 saturated carbocycles. The summed E-state index contributed by atoms with van der Waals surface area (Å²) in [6, 6.07) is 4.01. The van der Waals surface area contributed by atoms with Gasteiger partial charge in [0, 0.05) is 11.8 Å². The summed E-state index contributed by atoms with van der Waals surface area (Å²) in [5, 5.41) is 0. The predicted molar refractivity (Wildman–Crippen MR) is 63.3 cm³/mol. The van der Waals surface area contributed by atoms with Crippen molar-refractivity contribution in [2.24, 2.45) is 5.92 Å². The van der Waals surface area contributed by atoms with Crippen molar-refractivity contribution >= 4 is 0 Å². The molecule has 0 unspecified atom stereocenters. The van der Waals surface area contributed by atoms with Crippen molar-refractivity contribution in [1.29, 1.82) is 0 Å². The van der Waals surface area contributed by atoms with Crippen molar-refractivity contribution in [3.8, 4) is 5.88 Å². The summed E-state index contributed by atoms with van der Waals surface area (Å²) in [5.74, 6) is 1.46. The van der Waals surface area contributed by atoms with Gasteiger partial charge in [0.25, 0.3) is 0 Å². The standard InChI is InChI=1S/C13H21NO/c1-5-11(6-2)9-12-10(3)7-8-13(14-12)15-4/h7-8,11H,5-6,9H2,1-4H3. The predicted octanol–water partition coefficient (Wildman–Crippen LogP) is 3.38. The molecule has 15 heavy (non-hydrogen) atoms. The highest BCUT2D eigenvalue weighted by molar-refractivity contribution is 5.24. The molecule has 0 radical (unpaired) electrons. The van der Waals surface area contributed by atoms with Crippen LogP contribution in [0.3, 0.4) is 0 Å². The van der Waals surface area contributed by atoms with Crippen LogP contribution in [0.1, 0.15) is 37.9 Å². The zero-order valence-corrected chi connectivity index (χ0v) is 10.2. The third kappa shape index (κ3) is 3.22. The maximum Gasteiger partial charge on any atom is 0.213 e. The molecule has 1 heterocycles. The molecule has 0 saturated heterocycles. The quantitative estimate of drug-likeness (QED) is 0.738. The Bertz CT molecular complexity index is 305. The van der Waals surface area contributed by atoms with E-state index in [-0.39, 0.29) is 0 Å². The monoisotopic (exact) mass is 207 g/mol. The van der Waals surface area contributed by atoms with Crippen molar-refractivity contribution in [3.63, 3.8) is 0 Å². The van der Waals surface area contributed by atoms with Crippen LogP contribution in [0.15, 0.2) is 12.1 Å². The summed E-state index contributed by atoms with van der Waals surface area (Å²) in [6.07, 6.45) is 3.50. The molecule has 0 aliphatic carbocycles. The molecule has 2 heteroatoms. The maximum atomic E-state index is 5.15. The lowest BCUT2D eigenvalue weighted by Gasteiger charge is -2.13. The Morgan fingerprint density at radius 1 is 1.27 bits per heavy atom. The van der Waals surface area contributed by atoms with E-state index in [2.05, 4.69) is 31.8 Å².